The molecule has 6 heteroatoms. The molecule has 0 saturated heterocycles. The summed E-state index contributed by atoms with van der Waals surface area (Å²) in [4.78, 5) is 3.52. The summed E-state index contributed by atoms with van der Waals surface area (Å²) in [6.45, 7) is 0.852. The van der Waals surface area contributed by atoms with Crippen LogP contribution in [0.25, 0.3) is 0 Å². The van der Waals surface area contributed by atoms with Crippen molar-refractivity contribution in [1.29, 1.82) is 0 Å². The molecule has 0 aliphatic heterocycles. The first-order valence-corrected chi connectivity index (χ1v) is 7.45. The maximum absolute atomic E-state index is 5.68. The molecule has 0 unspecified atom stereocenters. The Morgan fingerprint density at radius 1 is 1.44 bits per heavy atom. The Balaban J connectivity index is 1.76. The van der Waals surface area contributed by atoms with Crippen molar-refractivity contribution in [2.45, 2.75) is 31.8 Å². The van der Waals surface area contributed by atoms with Gasteiger partial charge in [-0.3, -0.25) is 0 Å². The zero-order chi connectivity index (χ0) is 12.4. The van der Waals surface area contributed by atoms with Crippen LogP contribution in [-0.4, -0.2) is 22.1 Å². The van der Waals surface area contributed by atoms with Crippen LogP contribution < -0.4 is 4.90 Å². The van der Waals surface area contributed by atoms with Gasteiger partial charge in [-0.05, 0) is 24.3 Å². The highest BCUT2D eigenvalue weighted by Gasteiger charge is 2.32. The number of hydrogen-bond donors (Lipinski definition) is 0. The minimum Gasteiger partial charge on any atom is -0.408 e. The van der Waals surface area contributed by atoms with Crippen molar-refractivity contribution in [2.24, 2.45) is 0 Å². The fraction of sp³-hybridized carbons (Fsp3) is 0.500. The molecular weight excluding hydrogens is 270 g/mol. The molecule has 0 amide bonds. The number of hydrogen-bond acceptors (Lipinski definition) is 5. The van der Waals surface area contributed by atoms with Crippen LogP contribution in [0.15, 0.2) is 21.9 Å². The minimum absolute atomic E-state index is 0.510. The minimum atomic E-state index is 0.510. The third-order valence-corrected chi connectivity index (χ3v) is 3.95. The van der Waals surface area contributed by atoms with E-state index < -0.39 is 0 Å². The van der Waals surface area contributed by atoms with Crippen molar-refractivity contribution >= 4 is 29.0 Å². The first-order valence-electron chi connectivity index (χ1n) is 6.04. The summed E-state index contributed by atoms with van der Waals surface area (Å²) < 4.78 is 5.66. The highest BCUT2D eigenvalue weighted by molar-refractivity contribution is 7.09. The number of aromatic nitrogens is 2. The highest BCUT2D eigenvalue weighted by atomic mass is 35.5. The SMILES string of the molecule is ClCCc1nnc(N(Cc2cccs2)C2CC2)o1. The van der Waals surface area contributed by atoms with Gasteiger partial charge in [0.2, 0.25) is 5.89 Å². The molecule has 4 nitrogen and oxygen atoms in total. The van der Waals surface area contributed by atoms with Gasteiger partial charge < -0.3 is 9.32 Å². The molecule has 2 aromatic heterocycles. The smallest absolute Gasteiger partial charge is 0.318 e. The Kier molecular flexibility index (Phi) is 3.52. The third kappa shape index (κ3) is 2.67. The molecule has 96 valence electrons. The van der Waals surface area contributed by atoms with Gasteiger partial charge >= 0.3 is 6.01 Å². The van der Waals surface area contributed by atoms with Gasteiger partial charge in [-0.15, -0.1) is 28.0 Å². The molecule has 0 radical (unpaired) electrons. The fourth-order valence-electron chi connectivity index (χ4n) is 1.85. The maximum Gasteiger partial charge on any atom is 0.318 e. The Morgan fingerprint density at radius 3 is 3.00 bits per heavy atom. The average molecular weight is 284 g/mol. The van der Waals surface area contributed by atoms with E-state index in [-0.39, 0.29) is 0 Å². The normalized spacial score (nSPS) is 14.9. The lowest BCUT2D eigenvalue weighted by atomic mass is 10.4. The van der Waals surface area contributed by atoms with Crippen molar-refractivity contribution in [1.82, 2.24) is 10.2 Å². The zero-order valence-corrected chi connectivity index (χ0v) is 11.5. The summed E-state index contributed by atoms with van der Waals surface area (Å²) >= 11 is 7.43. The molecule has 3 rings (SSSR count). The number of aryl methyl sites for hydroxylation is 1. The second kappa shape index (κ2) is 5.28. The Hall–Kier alpha value is -1.07. The van der Waals surface area contributed by atoms with Crippen LogP contribution >= 0.6 is 22.9 Å². The fourth-order valence-corrected chi connectivity index (χ4v) is 2.72. The summed E-state index contributed by atoms with van der Waals surface area (Å²) in [5, 5.41) is 10.2. The molecule has 0 atom stereocenters. The number of halogens is 1. The molecule has 0 aromatic carbocycles. The number of rotatable bonds is 6. The summed E-state index contributed by atoms with van der Waals surface area (Å²) in [6, 6.07) is 5.39. The van der Waals surface area contributed by atoms with E-state index >= 15 is 0 Å². The quantitative estimate of drug-likeness (QED) is 0.764. The molecule has 2 heterocycles. The van der Waals surface area contributed by atoms with Gasteiger partial charge in [0.15, 0.2) is 0 Å². The molecule has 1 aliphatic rings. The van der Waals surface area contributed by atoms with E-state index in [2.05, 4.69) is 32.6 Å². The lowest BCUT2D eigenvalue weighted by molar-refractivity contribution is 0.486. The van der Waals surface area contributed by atoms with E-state index in [4.69, 9.17) is 16.0 Å². The number of alkyl halides is 1. The van der Waals surface area contributed by atoms with Crippen molar-refractivity contribution in [3.05, 3.63) is 28.3 Å². The number of anilines is 1. The van der Waals surface area contributed by atoms with Gasteiger partial charge in [-0.25, -0.2) is 0 Å². The Labute approximate surface area is 115 Å². The van der Waals surface area contributed by atoms with E-state index in [1.54, 1.807) is 11.3 Å². The Morgan fingerprint density at radius 2 is 2.33 bits per heavy atom. The van der Waals surface area contributed by atoms with Crippen LogP contribution in [0.2, 0.25) is 0 Å². The van der Waals surface area contributed by atoms with Gasteiger partial charge in [-0.2, -0.15) is 0 Å². The van der Waals surface area contributed by atoms with Crippen molar-refractivity contribution in [3.8, 4) is 0 Å². The van der Waals surface area contributed by atoms with Gasteiger partial charge in [0.05, 0.1) is 6.54 Å². The monoisotopic (exact) mass is 283 g/mol. The summed E-state index contributed by atoms with van der Waals surface area (Å²) in [6.07, 6.45) is 3.04. The van der Waals surface area contributed by atoms with Gasteiger partial charge in [0.25, 0.3) is 0 Å². The molecule has 0 spiro atoms. The van der Waals surface area contributed by atoms with E-state index in [0.29, 0.717) is 30.2 Å². The standard InChI is InChI=1S/C12H14ClN3OS/c13-6-5-11-14-15-12(17-11)16(9-3-4-9)8-10-2-1-7-18-10/h1-2,7,9H,3-6,8H2. The van der Waals surface area contributed by atoms with E-state index in [1.807, 2.05) is 0 Å². The number of nitrogens with zero attached hydrogens (tertiary/aromatic N) is 3. The molecule has 0 N–H and O–H groups in total. The molecule has 0 bridgehead atoms. The van der Waals surface area contributed by atoms with Crippen LogP contribution in [-0.2, 0) is 13.0 Å². The van der Waals surface area contributed by atoms with Gasteiger partial charge in [0.1, 0.15) is 0 Å². The van der Waals surface area contributed by atoms with Crippen LogP contribution in [0.1, 0.15) is 23.6 Å². The first kappa shape index (κ1) is 12.0. The lowest BCUT2D eigenvalue weighted by Gasteiger charge is -2.18. The topological polar surface area (TPSA) is 42.2 Å². The zero-order valence-electron chi connectivity index (χ0n) is 9.88. The van der Waals surface area contributed by atoms with E-state index in [0.717, 1.165) is 6.54 Å². The van der Waals surface area contributed by atoms with Crippen LogP contribution in [0.4, 0.5) is 6.01 Å². The molecule has 18 heavy (non-hydrogen) atoms. The van der Waals surface area contributed by atoms with Crippen molar-refractivity contribution in [2.75, 3.05) is 10.8 Å². The highest BCUT2D eigenvalue weighted by Crippen LogP contribution is 2.33. The van der Waals surface area contributed by atoms with Crippen LogP contribution in [0.5, 0.6) is 0 Å². The predicted octanol–water partition coefficient (Wildman–Crippen LogP) is 3.08. The summed E-state index contributed by atoms with van der Waals surface area (Å²) in [5.41, 5.74) is 0. The van der Waals surface area contributed by atoms with Gasteiger partial charge in [0, 0.05) is 23.2 Å². The Bertz CT molecular complexity index is 495. The van der Waals surface area contributed by atoms with Gasteiger partial charge in [-0.1, -0.05) is 11.2 Å². The molecule has 2 aromatic rings. The van der Waals surface area contributed by atoms with E-state index in [1.165, 1.54) is 17.7 Å². The van der Waals surface area contributed by atoms with Crippen molar-refractivity contribution < 1.29 is 4.42 Å². The molecule has 1 fully saturated rings. The van der Waals surface area contributed by atoms with Crippen LogP contribution in [0.3, 0.4) is 0 Å². The third-order valence-electron chi connectivity index (χ3n) is 2.90. The molecular formula is C12H14ClN3OS. The second-order valence-corrected chi connectivity index (χ2v) is 5.77. The summed E-state index contributed by atoms with van der Waals surface area (Å²) in [7, 11) is 0. The van der Waals surface area contributed by atoms with Crippen molar-refractivity contribution in [3.63, 3.8) is 0 Å². The first-order chi connectivity index (χ1) is 8.86. The second-order valence-electron chi connectivity index (χ2n) is 4.36. The summed E-state index contributed by atoms with van der Waals surface area (Å²) in [5.74, 6) is 1.13. The predicted molar refractivity (Wildman–Crippen MR) is 72.2 cm³/mol. The average Bonchev–Trinajstić information content (AvgIpc) is 2.89. The lowest BCUT2D eigenvalue weighted by Crippen LogP contribution is -2.24. The maximum atomic E-state index is 5.68. The van der Waals surface area contributed by atoms with E-state index in [9.17, 15) is 0 Å². The number of thiophene rings is 1. The molecule has 1 saturated carbocycles. The molecule has 1 aliphatic carbocycles. The largest absolute Gasteiger partial charge is 0.408 e. The van der Waals surface area contributed by atoms with Crippen LogP contribution in [0, 0.1) is 0 Å².